The van der Waals surface area contributed by atoms with E-state index in [1.807, 2.05) is 0 Å². The number of anilines is 2. The van der Waals surface area contributed by atoms with Crippen molar-refractivity contribution in [1.82, 2.24) is 9.36 Å². The summed E-state index contributed by atoms with van der Waals surface area (Å²) in [5, 5.41) is 6.07. The van der Waals surface area contributed by atoms with Gasteiger partial charge in [-0.25, -0.2) is 0 Å². The molecule has 0 atom stereocenters. The molecule has 0 aliphatic carbocycles. The van der Waals surface area contributed by atoms with Crippen LogP contribution < -0.4 is 11.1 Å². The van der Waals surface area contributed by atoms with E-state index in [0.717, 1.165) is 11.7 Å². The molecule has 0 saturated carbocycles. The maximum atomic E-state index is 5.40. The van der Waals surface area contributed by atoms with Gasteiger partial charge in [-0.05, 0) is 23.9 Å². The molecule has 2 aromatic rings. The first-order chi connectivity index (χ1) is 6.74. The predicted octanol–water partition coefficient (Wildman–Crippen LogP) is 2.10. The lowest BCUT2D eigenvalue weighted by molar-refractivity contribution is 1.17. The zero-order valence-electron chi connectivity index (χ0n) is 7.65. The lowest BCUT2D eigenvalue weighted by atomic mass is 10.3. The van der Waals surface area contributed by atoms with E-state index in [1.54, 1.807) is 11.3 Å². The molecule has 0 aliphatic rings. The Morgan fingerprint density at radius 3 is 3.00 bits per heavy atom. The smallest absolute Gasteiger partial charge is 0.233 e. The third-order valence-corrected chi connectivity index (χ3v) is 3.38. The number of nitrogen functional groups attached to an aromatic ring is 1. The highest BCUT2D eigenvalue weighted by molar-refractivity contribution is 7.10. The van der Waals surface area contributed by atoms with E-state index in [2.05, 4.69) is 33.0 Å². The Morgan fingerprint density at radius 1 is 1.57 bits per heavy atom. The zero-order chi connectivity index (χ0) is 9.97. The quantitative estimate of drug-likeness (QED) is 0.841. The summed E-state index contributed by atoms with van der Waals surface area (Å²) in [5.74, 6) is 0.333. The van der Waals surface area contributed by atoms with Gasteiger partial charge in [0, 0.05) is 16.4 Å². The van der Waals surface area contributed by atoms with Crippen molar-refractivity contribution in [2.75, 3.05) is 11.1 Å². The van der Waals surface area contributed by atoms with Crippen LogP contribution in [-0.4, -0.2) is 9.36 Å². The second-order valence-corrected chi connectivity index (χ2v) is 4.65. The monoisotopic (exact) mass is 226 g/mol. The highest BCUT2D eigenvalue weighted by Crippen LogP contribution is 2.17. The molecule has 0 unspecified atom stereocenters. The van der Waals surface area contributed by atoms with Crippen molar-refractivity contribution in [2.45, 2.75) is 13.5 Å². The van der Waals surface area contributed by atoms with Crippen LogP contribution in [0.15, 0.2) is 11.4 Å². The Morgan fingerprint density at radius 2 is 2.43 bits per heavy atom. The van der Waals surface area contributed by atoms with Crippen LogP contribution in [0.5, 0.6) is 0 Å². The number of nitrogens with zero attached hydrogens (tertiary/aromatic N) is 2. The summed E-state index contributed by atoms with van der Waals surface area (Å²) in [7, 11) is 0. The number of hydrogen-bond acceptors (Lipinski definition) is 6. The van der Waals surface area contributed by atoms with Gasteiger partial charge in [-0.3, -0.25) is 0 Å². The molecule has 0 amide bonds. The molecule has 3 N–H and O–H groups in total. The third kappa shape index (κ3) is 2.21. The Balaban J connectivity index is 1.94. The number of thiophene rings is 1. The summed E-state index contributed by atoms with van der Waals surface area (Å²) in [6, 6.07) is 2.15. The van der Waals surface area contributed by atoms with Crippen molar-refractivity contribution in [3.05, 3.63) is 21.9 Å². The van der Waals surface area contributed by atoms with Crippen molar-refractivity contribution in [1.29, 1.82) is 0 Å². The molecule has 74 valence electrons. The highest BCUT2D eigenvalue weighted by atomic mass is 32.1. The standard InChI is InChI=1S/C8H10N4S2/c1-5-2-6(13-4-5)3-10-8-11-7(9)12-14-8/h2,4H,3H2,1H3,(H3,9,10,11,12). The van der Waals surface area contributed by atoms with Crippen LogP contribution in [0.4, 0.5) is 11.1 Å². The molecule has 0 aromatic carbocycles. The van der Waals surface area contributed by atoms with E-state index < -0.39 is 0 Å². The predicted molar refractivity (Wildman–Crippen MR) is 60.7 cm³/mol. The molecule has 0 fully saturated rings. The van der Waals surface area contributed by atoms with Crippen LogP contribution in [0.25, 0.3) is 0 Å². The summed E-state index contributed by atoms with van der Waals surface area (Å²) < 4.78 is 3.88. The first kappa shape index (κ1) is 9.42. The normalized spacial score (nSPS) is 10.4. The van der Waals surface area contributed by atoms with E-state index in [-0.39, 0.29) is 0 Å². The molecule has 2 rings (SSSR count). The Kier molecular flexibility index (Phi) is 2.64. The SMILES string of the molecule is Cc1csc(CNc2nc(N)ns2)c1. The fraction of sp³-hybridized carbons (Fsp3) is 0.250. The second kappa shape index (κ2) is 3.93. The van der Waals surface area contributed by atoms with E-state index >= 15 is 0 Å². The fourth-order valence-electron chi connectivity index (χ4n) is 1.05. The average Bonchev–Trinajstić information content (AvgIpc) is 2.72. The Hall–Kier alpha value is -1.14. The fourth-order valence-corrected chi connectivity index (χ4v) is 2.36. The van der Waals surface area contributed by atoms with E-state index in [4.69, 9.17) is 5.73 Å². The number of aromatic nitrogens is 2. The topological polar surface area (TPSA) is 63.8 Å². The van der Waals surface area contributed by atoms with Gasteiger partial charge in [0.05, 0.1) is 6.54 Å². The molecular formula is C8H10N4S2. The number of rotatable bonds is 3. The minimum absolute atomic E-state index is 0.333. The highest BCUT2D eigenvalue weighted by Gasteiger charge is 2.00. The molecule has 4 nitrogen and oxygen atoms in total. The van der Waals surface area contributed by atoms with Gasteiger partial charge in [0.1, 0.15) is 0 Å². The van der Waals surface area contributed by atoms with Crippen LogP contribution in [0.2, 0.25) is 0 Å². The van der Waals surface area contributed by atoms with E-state index in [9.17, 15) is 0 Å². The number of nitrogens with two attached hydrogens (primary N) is 1. The molecule has 0 aliphatic heterocycles. The molecule has 2 aromatic heterocycles. The first-order valence-electron chi connectivity index (χ1n) is 4.11. The van der Waals surface area contributed by atoms with Crippen molar-refractivity contribution >= 4 is 33.9 Å². The van der Waals surface area contributed by atoms with Crippen molar-refractivity contribution in [3.63, 3.8) is 0 Å². The summed E-state index contributed by atoms with van der Waals surface area (Å²) >= 11 is 3.02. The number of nitrogens with one attached hydrogen (secondary N) is 1. The van der Waals surface area contributed by atoms with E-state index in [1.165, 1.54) is 22.0 Å². The van der Waals surface area contributed by atoms with Gasteiger partial charge in [0.2, 0.25) is 11.1 Å². The summed E-state index contributed by atoms with van der Waals surface area (Å²) in [5.41, 5.74) is 6.70. The van der Waals surface area contributed by atoms with Gasteiger partial charge in [-0.15, -0.1) is 11.3 Å². The minimum atomic E-state index is 0.333. The molecule has 0 saturated heterocycles. The lowest BCUT2D eigenvalue weighted by Gasteiger charge is -1.97. The second-order valence-electron chi connectivity index (χ2n) is 2.90. The van der Waals surface area contributed by atoms with Crippen molar-refractivity contribution < 1.29 is 0 Å². The summed E-state index contributed by atoms with van der Waals surface area (Å²) in [4.78, 5) is 5.30. The van der Waals surface area contributed by atoms with Gasteiger partial charge >= 0.3 is 0 Å². The third-order valence-electron chi connectivity index (χ3n) is 1.64. The molecule has 6 heteroatoms. The molecule has 2 heterocycles. The van der Waals surface area contributed by atoms with Crippen LogP contribution in [0.3, 0.4) is 0 Å². The minimum Gasteiger partial charge on any atom is -0.367 e. The Labute approximate surface area is 90.0 Å². The van der Waals surface area contributed by atoms with Crippen molar-refractivity contribution in [3.8, 4) is 0 Å². The molecule has 0 spiro atoms. The number of hydrogen-bond donors (Lipinski definition) is 2. The summed E-state index contributed by atoms with van der Waals surface area (Å²) in [6.07, 6.45) is 0. The van der Waals surface area contributed by atoms with Gasteiger partial charge < -0.3 is 11.1 Å². The van der Waals surface area contributed by atoms with E-state index in [0.29, 0.717) is 5.95 Å². The number of aryl methyl sites for hydroxylation is 1. The molecule has 0 radical (unpaired) electrons. The molecular weight excluding hydrogens is 216 g/mol. The van der Waals surface area contributed by atoms with Gasteiger partial charge in [0.15, 0.2) is 0 Å². The van der Waals surface area contributed by atoms with Crippen molar-refractivity contribution in [2.24, 2.45) is 0 Å². The van der Waals surface area contributed by atoms with Crippen LogP contribution in [0, 0.1) is 6.92 Å². The van der Waals surface area contributed by atoms with Crippen LogP contribution >= 0.6 is 22.9 Å². The Bertz CT molecular complexity index is 380. The molecule has 14 heavy (non-hydrogen) atoms. The maximum Gasteiger partial charge on any atom is 0.233 e. The summed E-state index contributed by atoms with van der Waals surface area (Å²) in [6.45, 7) is 2.87. The maximum absolute atomic E-state index is 5.40. The van der Waals surface area contributed by atoms with Gasteiger partial charge in [0.25, 0.3) is 0 Å². The van der Waals surface area contributed by atoms with Crippen LogP contribution in [-0.2, 0) is 6.54 Å². The largest absolute Gasteiger partial charge is 0.367 e. The molecule has 0 bridgehead atoms. The van der Waals surface area contributed by atoms with Crippen LogP contribution in [0.1, 0.15) is 10.4 Å². The van der Waals surface area contributed by atoms with Gasteiger partial charge in [-0.1, -0.05) is 0 Å². The lowest BCUT2D eigenvalue weighted by Crippen LogP contribution is -1.97. The first-order valence-corrected chi connectivity index (χ1v) is 5.76. The average molecular weight is 226 g/mol. The zero-order valence-corrected chi connectivity index (χ0v) is 9.28. The van der Waals surface area contributed by atoms with Gasteiger partial charge in [-0.2, -0.15) is 9.36 Å².